The van der Waals surface area contributed by atoms with Crippen LogP contribution >= 0.6 is 15.9 Å². The summed E-state index contributed by atoms with van der Waals surface area (Å²) >= 11 is 3.32. The van der Waals surface area contributed by atoms with Crippen LogP contribution in [0.15, 0.2) is 40.9 Å². The van der Waals surface area contributed by atoms with Gasteiger partial charge in [-0.3, -0.25) is 9.78 Å². The van der Waals surface area contributed by atoms with Crippen LogP contribution in [0.4, 0.5) is 4.39 Å². The molecule has 5 heteroatoms. The predicted octanol–water partition coefficient (Wildman–Crippen LogP) is 3.70. The predicted molar refractivity (Wildman–Crippen MR) is 77.2 cm³/mol. The number of hydrogen-bond donors (Lipinski definition) is 1. The second kappa shape index (κ2) is 6.13. The van der Waals surface area contributed by atoms with Crippen molar-refractivity contribution in [3.63, 3.8) is 0 Å². The lowest BCUT2D eigenvalue weighted by Crippen LogP contribution is -2.17. The van der Waals surface area contributed by atoms with Crippen LogP contribution in [0.5, 0.6) is 0 Å². The summed E-state index contributed by atoms with van der Waals surface area (Å²) in [6.07, 6.45) is 0.0794. The number of aryl methyl sites for hydroxylation is 1. The number of aliphatic carboxylic acids is 1. The van der Waals surface area contributed by atoms with E-state index in [2.05, 4.69) is 20.9 Å². The molecule has 2 aromatic rings. The van der Waals surface area contributed by atoms with Crippen LogP contribution in [0.3, 0.4) is 0 Å². The standard InChI is InChI=1S/C15H13BrFNO2/c1-9-12(16)6-7-14(18-9)11(15(19)20)8-10-4-2-3-5-13(10)17/h2-7,11H,8H2,1H3,(H,19,20). The van der Waals surface area contributed by atoms with E-state index >= 15 is 0 Å². The molecule has 0 aliphatic heterocycles. The summed E-state index contributed by atoms with van der Waals surface area (Å²) in [5.74, 6) is -2.27. The Hall–Kier alpha value is -1.75. The average Bonchev–Trinajstić information content (AvgIpc) is 2.41. The lowest BCUT2D eigenvalue weighted by Gasteiger charge is -2.13. The highest BCUT2D eigenvalue weighted by molar-refractivity contribution is 9.10. The highest BCUT2D eigenvalue weighted by Gasteiger charge is 2.23. The summed E-state index contributed by atoms with van der Waals surface area (Å²) in [5, 5.41) is 9.36. The van der Waals surface area contributed by atoms with Crippen LogP contribution in [-0.2, 0) is 11.2 Å². The Morgan fingerprint density at radius 1 is 1.35 bits per heavy atom. The molecule has 3 nitrogen and oxygen atoms in total. The van der Waals surface area contributed by atoms with Crippen molar-refractivity contribution in [1.29, 1.82) is 0 Å². The van der Waals surface area contributed by atoms with E-state index in [1.807, 2.05) is 0 Å². The van der Waals surface area contributed by atoms with Crippen molar-refractivity contribution in [3.8, 4) is 0 Å². The van der Waals surface area contributed by atoms with Gasteiger partial charge in [0, 0.05) is 4.47 Å². The van der Waals surface area contributed by atoms with Crippen molar-refractivity contribution >= 4 is 21.9 Å². The second-order valence-electron chi connectivity index (χ2n) is 4.49. The van der Waals surface area contributed by atoms with Crippen molar-refractivity contribution < 1.29 is 14.3 Å². The van der Waals surface area contributed by atoms with Gasteiger partial charge in [-0.15, -0.1) is 0 Å². The van der Waals surface area contributed by atoms with E-state index in [-0.39, 0.29) is 6.42 Å². The molecule has 1 N–H and O–H groups in total. The van der Waals surface area contributed by atoms with E-state index in [0.29, 0.717) is 17.0 Å². The zero-order valence-corrected chi connectivity index (χ0v) is 12.4. The summed E-state index contributed by atoms with van der Waals surface area (Å²) in [5.41, 5.74) is 1.52. The van der Waals surface area contributed by atoms with Gasteiger partial charge in [0.2, 0.25) is 0 Å². The fraction of sp³-hybridized carbons (Fsp3) is 0.200. The van der Waals surface area contributed by atoms with E-state index in [0.717, 1.165) is 4.47 Å². The van der Waals surface area contributed by atoms with Gasteiger partial charge in [-0.1, -0.05) is 18.2 Å². The molecule has 0 bridgehead atoms. The van der Waals surface area contributed by atoms with E-state index in [4.69, 9.17) is 0 Å². The minimum atomic E-state index is -1.01. The summed E-state index contributed by atoms with van der Waals surface area (Å²) < 4.78 is 14.5. The lowest BCUT2D eigenvalue weighted by molar-refractivity contribution is -0.138. The van der Waals surface area contributed by atoms with Gasteiger partial charge < -0.3 is 5.11 Å². The van der Waals surface area contributed by atoms with Crippen molar-refractivity contribution in [2.75, 3.05) is 0 Å². The van der Waals surface area contributed by atoms with Crippen LogP contribution in [0.2, 0.25) is 0 Å². The number of aromatic nitrogens is 1. The molecule has 2 rings (SSSR count). The minimum Gasteiger partial charge on any atom is -0.481 e. The maximum Gasteiger partial charge on any atom is 0.312 e. The van der Waals surface area contributed by atoms with Crippen LogP contribution in [0.1, 0.15) is 22.9 Å². The number of nitrogens with zero attached hydrogens (tertiary/aromatic N) is 1. The molecule has 104 valence electrons. The van der Waals surface area contributed by atoms with Gasteiger partial charge in [0.1, 0.15) is 11.7 Å². The average molecular weight is 338 g/mol. The summed E-state index contributed by atoms with van der Waals surface area (Å²) in [6, 6.07) is 9.60. The van der Waals surface area contributed by atoms with Crippen molar-refractivity contribution in [1.82, 2.24) is 4.98 Å². The Balaban J connectivity index is 2.34. The van der Waals surface area contributed by atoms with Crippen molar-refractivity contribution in [2.45, 2.75) is 19.3 Å². The highest BCUT2D eigenvalue weighted by Crippen LogP contribution is 2.24. The number of hydrogen-bond acceptors (Lipinski definition) is 2. The molecule has 1 aromatic carbocycles. The third-order valence-electron chi connectivity index (χ3n) is 3.08. The summed E-state index contributed by atoms with van der Waals surface area (Å²) in [6.45, 7) is 1.79. The molecule has 1 heterocycles. The number of rotatable bonds is 4. The molecule has 0 spiro atoms. The smallest absolute Gasteiger partial charge is 0.312 e. The fourth-order valence-electron chi connectivity index (χ4n) is 1.96. The molecule has 0 aliphatic rings. The zero-order chi connectivity index (χ0) is 14.7. The van der Waals surface area contributed by atoms with Gasteiger partial charge in [-0.2, -0.15) is 0 Å². The molecular formula is C15H13BrFNO2. The van der Waals surface area contributed by atoms with Crippen LogP contribution in [0.25, 0.3) is 0 Å². The Morgan fingerprint density at radius 2 is 2.05 bits per heavy atom. The molecule has 0 fully saturated rings. The van der Waals surface area contributed by atoms with E-state index < -0.39 is 17.7 Å². The van der Waals surface area contributed by atoms with Crippen molar-refractivity contribution in [3.05, 3.63) is 63.6 Å². The normalized spacial score (nSPS) is 12.2. The number of benzene rings is 1. The van der Waals surface area contributed by atoms with Crippen LogP contribution in [0, 0.1) is 12.7 Å². The molecule has 20 heavy (non-hydrogen) atoms. The Labute approximate surface area is 124 Å². The van der Waals surface area contributed by atoms with E-state index in [1.54, 1.807) is 37.3 Å². The van der Waals surface area contributed by atoms with Crippen LogP contribution < -0.4 is 0 Å². The Bertz CT molecular complexity index is 646. The molecule has 1 aromatic heterocycles. The SMILES string of the molecule is Cc1nc(C(Cc2ccccc2F)C(=O)O)ccc1Br. The first-order valence-corrected chi connectivity index (χ1v) is 6.87. The molecule has 0 saturated heterocycles. The Kier molecular flexibility index (Phi) is 4.49. The van der Waals surface area contributed by atoms with Gasteiger partial charge in [-0.25, -0.2) is 4.39 Å². The largest absolute Gasteiger partial charge is 0.481 e. The first-order valence-electron chi connectivity index (χ1n) is 6.08. The minimum absolute atomic E-state index is 0.0794. The Morgan fingerprint density at radius 3 is 2.65 bits per heavy atom. The summed E-state index contributed by atoms with van der Waals surface area (Å²) in [4.78, 5) is 15.7. The maximum absolute atomic E-state index is 13.7. The fourth-order valence-corrected chi connectivity index (χ4v) is 2.18. The molecule has 0 amide bonds. The van der Waals surface area contributed by atoms with E-state index in [9.17, 15) is 14.3 Å². The summed E-state index contributed by atoms with van der Waals surface area (Å²) in [7, 11) is 0. The van der Waals surface area contributed by atoms with Gasteiger partial charge >= 0.3 is 5.97 Å². The van der Waals surface area contributed by atoms with Gasteiger partial charge in [0.05, 0.1) is 11.4 Å². The number of carbonyl (C=O) groups is 1. The van der Waals surface area contributed by atoms with E-state index in [1.165, 1.54) is 6.07 Å². The number of carboxylic acid groups (broad SMARTS) is 1. The molecule has 1 unspecified atom stereocenters. The maximum atomic E-state index is 13.7. The van der Waals surface area contributed by atoms with Gasteiger partial charge in [0.15, 0.2) is 0 Å². The van der Waals surface area contributed by atoms with Crippen LogP contribution in [-0.4, -0.2) is 16.1 Å². The first-order chi connectivity index (χ1) is 9.49. The number of carboxylic acids is 1. The number of pyridine rings is 1. The van der Waals surface area contributed by atoms with Crippen molar-refractivity contribution in [2.24, 2.45) is 0 Å². The second-order valence-corrected chi connectivity index (χ2v) is 5.34. The third-order valence-corrected chi connectivity index (χ3v) is 3.92. The molecule has 0 aliphatic carbocycles. The topological polar surface area (TPSA) is 50.2 Å². The zero-order valence-electron chi connectivity index (χ0n) is 10.8. The molecular weight excluding hydrogens is 325 g/mol. The lowest BCUT2D eigenvalue weighted by atomic mass is 9.95. The molecule has 0 saturated carbocycles. The van der Waals surface area contributed by atoms with Gasteiger partial charge in [-0.05, 0) is 53.0 Å². The molecule has 1 atom stereocenters. The molecule has 0 radical (unpaired) electrons. The number of halogens is 2. The van der Waals surface area contributed by atoms with Gasteiger partial charge in [0.25, 0.3) is 0 Å². The third kappa shape index (κ3) is 3.22. The highest BCUT2D eigenvalue weighted by atomic mass is 79.9. The first kappa shape index (κ1) is 14.7. The quantitative estimate of drug-likeness (QED) is 0.925. The monoisotopic (exact) mass is 337 g/mol.